The van der Waals surface area contributed by atoms with Gasteiger partial charge in [-0.25, -0.2) is 4.90 Å². The van der Waals surface area contributed by atoms with E-state index in [1.165, 1.54) is 48.5 Å². The SMILES string of the molecule is Cc1ccc(N(C(=O)CC(=O)N2N=C(c3ccccc3)[C@H](N=Nc3ccc([N+](=O)[O-])cc3)C2=O)C(=O)c2ccc(Cl)cc2)cc1. The molecule has 1 atom stereocenters. The van der Waals surface area contributed by atoms with Crippen molar-refractivity contribution >= 4 is 58.0 Å². The van der Waals surface area contributed by atoms with Crippen molar-refractivity contribution in [1.82, 2.24) is 5.01 Å². The molecule has 1 heterocycles. The number of nitrogens with zero attached hydrogens (tertiary/aromatic N) is 6. The molecule has 0 bridgehead atoms. The predicted octanol–water partition coefficient (Wildman–Crippen LogP) is 6.05. The topological polar surface area (TPSA) is 155 Å². The van der Waals surface area contributed by atoms with E-state index < -0.39 is 41.0 Å². The molecule has 4 amide bonds. The third-order valence-electron chi connectivity index (χ3n) is 6.70. The Balaban J connectivity index is 1.42. The van der Waals surface area contributed by atoms with Crippen LogP contribution >= 0.6 is 11.6 Å². The van der Waals surface area contributed by atoms with Gasteiger partial charge >= 0.3 is 0 Å². The summed E-state index contributed by atoms with van der Waals surface area (Å²) < 4.78 is 0. The van der Waals surface area contributed by atoms with Crippen LogP contribution in [-0.4, -0.2) is 45.3 Å². The van der Waals surface area contributed by atoms with Gasteiger partial charge < -0.3 is 0 Å². The Labute approximate surface area is 261 Å². The molecule has 0 fully saturated rings. The van der Waals surface area contributed by atoms with Gasteiger partial charge in [-0.05, 0) is 55.5 Å². The summed E-state index contributed by atoms with van der Waals surface area (Å²) in [5.74, 6) is -3.41. The van der Waals surface area contributed by atoms with Gasteiger partial charge in [-0.3, -0.25) is 29.3 Å². The van der Waals surface area contributed by atoms with Crippen LogP contribution in [0.15, 0.2) is 118 Å². The van der Waals surface area contributed by atoms with E-state index in [0.717, 1.165) is 10.5 Å². The van der Waals surface area contributed by atoms with Crippen LogP contribution in [0.25, 0.3) is 0 Å². The molecule has 1 aliphatic heterocycles. The number of non-ortho nitro benzene ring substituents is 1. The third-order valence-corrected chi connectivity index (χ3v) is 6.95. The lowest BCUT2D eigenvalue weighted by Crippen LogP contribution is -2.41. The molecule has 12 nitrogen and oxygen atoms in total. The summed E-state index contributed by atoms with van der Waals surface area (Å²) in [6, 6.07) is 24.9. The van der Waals surface area contributed by atoms with E-state index in [9.17, 15) is 29.3 Å². The van der Waals surface area contributed by atoms with E-state index in [4.69, 9.17) is 11.6 Å². The number of rotatable bonds is 8. The Bertz CT molecular complexity index is 1840. The molecule has 0 aromatic heterocycles. The van der Waals surface area contributed by atoms with Crippen LogP contribution in [0.4, 0.5) is 17.1 Å². The van der Waals surface area contributed by atoms with Crippen molar-refractivity contribution in [2.24, 2.45) is 15.3 Å². The van der Waals surface area contributed by atoms with E-state index in [0.29, 0.717) is 15.6 Å². The highest BCUT2D eigenvalue weighted by molar-refractivity contribution is 6.31. The number of carbonyl (C=O) groups excluding carboxylic acids is 4. The Morgan fingerprint density at radius 2 is 1.58 bits per heavy atom. The molecule has 13 heteroatoms. The van der Waals surface area contributed by atoms with Crippen LogP contribution in [0.5, 0.6) is 0 Å². The molecule has 5 rings (SSSR count). The van der Waals surface area contributed by atoms with Crippen molar-refractivity contribution in [2.75, 3.05) is 4.90 Å². The normalized spacial score (nSPS) is 14.4. The summed E-state index contributed by atoms with van der Waals surface area (Å²) in [7, 11) is 0. The highest BCUT2D eigenvalue weighted by Crippen LogP contribution is 2.25. The van der Waals surface area contributed by atoms with E-state index in [-0.39, 0.29) is 28.3 Å². The first-order chi connectivity index (χ1) is 21.6. The average Bonchev–Trinajstić information content (AvgIpc) is 3.37. The Morgan fingerprint density at radius 3 is 2.20 bits per heavy atom. The maximum atomic E-state index is 13.6. The summed E-state index contributed by atoms with van der Waals surface area (Å²) >= 11 is 5.97. The van der Waals surface area contributed by atoms with E-state index in [1.54, 1.807) is 54.6 Å². The van der Waals surface area contributed by atoms with Crippen LogP contribution in [0.3, 0.4) is 0 Å². The van der Waals surface area contributed by atoms with Crippen LogP contribution < -0.4 is 4.90 Å². The fourth-order valence-corrected chi connectivity index (χ4v) is 4.52. The molecule has 4 aromatic rings. The van der Waals surface area contributed by atoms with Crippen molar-refractivity contribution in [2.45, 2.75) is 19.4 Å². The monoisotopic (exact) mass is 622 g/mol. The van der Waals surface area contributed by atoms with Gasteiger partial charge in [-0.2, -0.15) is 20.3 Å². The quantitative estimate of drug-likeness (QED) is 0.101. The lowest BCUT2D eigenvalue weighted by Gasteiger charge is -2.22. The largest absolute Gasteiger partial charge is 0.282 e. The van der Waals surface area contributed by atoms with Gasteiger partial charge in [-0.1, -0.05) is 59.6 Å². The Hall–Kier alpha value is -5.88. The molecule has 1 aliphatic rings. The van der Waals surface area contributed by atoms with Gasteiger partial charge in [0.05, 0.1) is 16.3 Å². The molecular weight excluding hydrogens is 600 g/mol. The number of hydrogen-bond acceptors (Lipinski definition) is 9. The molecule has 4 aromatic carbocycles. The number of nitro benzene ring substituents is 1. The summed E-state index contributed by atoms with van der Waals surface area (Å²) in [6.45, 7) is 1.84. The number of azo groups is 1. The number of benzene rings is 4. The summed E-state index contributed by atoms with van der Waals surface area (Å²) in [4.78, 5) is 65.3. The fraction of sp³-hybridized carbons (Fsp3) is 0.0938. The Kier molecular flexibility index (Phi) is 8.96. The van der Waals surface area contributed by atoms with Crippen LogP contribution in [0.1, 0.15) is 27.9 Å². The van der Waals surface area contributed by atoms with Crippen molar-refractivity contribution in [3.05, 3.63) is 135 Å². The lowest BCUT2D eigenvalue weighted by atomic mass is 10.0. The molecule has 0 radical (unpaired) electrons. The molecule has 0 saturated carbocycles. The Morgan fingerprint density at radius 1 is 0.933 bits per heavy atom. The van der Waals surface area contributed by atoms with Crippen molar-refractivity contribution < 1.29 is 24.1 Å². The fourth-order valence-electron chi connectivity index (χ4n) is 4.39. The summed E-state index contributed by atoms with van der Waals surface area (Å²) in [5.41, 5.74) is 1.96. The molecule has 0 saturated heterocycles. The lowest BCUT2D eigenvalue weighted by molar-refractivity contribution is -0.384. The molecular formula is C32H23ClN6O6. The highest BCUT2D eigenvalue weighted by atomic mass is 35.5. The maximum Gasteiger partial charge on any atom is 0.282 e. The number of hydrazone groups is 1. The zero-order valence-corrected chi connectivity index (χ0v) is 24.4. The van der Waals surface area contributed by atoms with Crippen LogP contribution in [0.2, 0.25) is 5.02 Å². The van der Waals surface area contributed by atoms with E-state index >= 15 is 0 Å². The van der Waals surface area contributed by atoms with Crippen molar-refractivity contribution in [3.8, 4) is 0 Å². The van der Waals surface area contributed by atoms with Gasteiger partial charge in [-0.15, -0.1) is 0 Å². The van der Waals surface area contributed by atoms with Crippen molar-refractivity contribution in [1.29, 1.82) is 0 Å². The van der Waals surface area contributed by atoms with E-state index in [1.807, 2.05) is 6.92 Å². The van der Waals surface area contributed by atoms with Gasteiger partial charge in [0.15, 0.2) is 6.04 Å². The van der Waals surface area contributed by atoms with Gasteiger partial charge in [0.1, 0.15) is 12.1 Å². The number of anilines is 1. The van der Waals surface area contributed by atoms with Crippen LogP contribution in [-0.2, 0) is 14.4 Å². The number of nitro groups is 1. The first kappa shape index (κ1) is 30.6. The van der Waals surface area contributed by atoms with Crippen molar-refractivity contribution in [3.63, 3.8) is 0 Å². The first-order valence-electron chi connectivity index (χ1n) is 13.5. The number of hydrogen-bond donors (Lipinski definition) is 0. The minimum absolute atomic E-state index is 0.111. The second kappa shape index (κ2) is 13.2. The summed E-state index contributed by atoms with van der Waals surface area (Å²) in [6.07, 6.45) is -0.864. The number of halogens is 1. The number of amides is 4. The number of aryl methyl sites for hydroxylation is 1. The first-order valence-corrected chi connectivity index (χ1v) is 13.9. The molecule has 0 N–H and O–H groups in total. The molecule has 0 unspecified atom stereocenters. The average molecular weight is 623 g/mol. The second-order valence-corrected chi connectivity index (χ2v) is 10.3. The zero-order chi connectivity index (χ0) is 32.1. The van der Waals surface area contributed by atoms with Crippen LogP contribution in [0, 0.1) is 17.0 Å². The number of carbonyl (C=O) groups is 4. The van der Waals surface area contributed by atoms with Gasteiger partial charge in [0.2, 0.25) is 5.91 Å². The summed E-state index contributed by atoms with van der Waals surface area (Å²) in [5, 5.41) is 24.3. The zero-order valence-electron chi connectivity index (χ0n) is 23.6. The van der Waals surface area contributed by atoms with E-state index in [2.05, 4.69) is 15.3 Å². The molecule has 0 aliphatic carbocycles. The highest BCUT2D eigenvalue weighted by Gasteiger charge is 2.41. The predicted molar refractivity (Wildman–Crippen MR) is 165 cm³/mol. The second-order valence-electron chi connectivity index (χ2n) is 9.84. The molecule has 0 spiro atoms. The van der Waals surface area contributed by atoms with Gasteiger partial charge in [0.25, 0.3) is 23.4 Å². The van der Waals surface area contributed by atoms with Gasteiger partial charge in [0, 0.05) is 28.3 Å². The minimum atomic E-state index is -1.34. The number of imide groups is 2. The smallest absolute Gasteiger partial charge is 0.273 e. The standard InChI is InChI=1S/C32H23ClN6O6/c1-20-7-15-25(16-8-20)37(31(42)22-9-11-23(33)12-10-22)27(40)19-28(41)38-32(43)30(29(36-38)21-5-3-2-4-6-21)35-34-24-13-17-26(18-14-24)39(44)45/h2-18,30H,19H2,1H3/t30-/m0/s1. The maximum absolute atomic E-state index is 13.6. The molecule has 224 valence electrons. The minimum Gasteiger partial charge on any atom is -0.273 e. The third kappa shape index (κ3) is 6.86. The molecule has 45 heavy (non-hydrogen) atoms.